The van der Waals surface area contributed by atoms with E-state index in [2.05, 4.69) is 4.98 Å². The number of aliphatic hydroxyl groups is 1. The zero-order chi connectivity index (χ0) is 21.8. The fraction of sp³-hybridized carbons (Fsp3) is 0.591. The van der Waals surface area contributed by atoms with Crippen LogP contribution >= 0.6 is 7.82 Å². The summed E-state index contributed by atoms with van der Waals surface area (Å²) in [5, 5.41) is 11.5. The van der Waals surface area contributed by atoms with Crippen molar-refractivity contribution in [1.29, 1.82) is 0 Å². The molecule has 1 aromatic heterocycles. The summed E-state index contributed by atoms with van der Waals surface area (Å²) in [7, 11) is -4.54. The number of aliphatic hydroxyl groups excluding tert-OH is 1. The summed E-state index contributed by atoms with van der Waals surface area (Å²) < 4.78 is 33.1. The number of phosphoric acid groups is 1. The van der Waals surface area contributed by atoms with Gasteiger partial charge in [-0.3, -0.25) is 4.52 Å². The van der Waals surface area contributed by atoms with Crippen LogP contribution in [0.2, 0.25) is 0 Å². The highest BCUT2D eigenvalue weighted by molar-refractivity contribution is 7.46. The van der Waals surface area contributed by atoms with E-state index < -0.39 is 20.0 Å². The Balaban J connectivity index is 1.39. The zero-order valence-corrected chi connectivity index (χ0v) is 18.1. The first-order chi connectivity index (χ1) is 14.8. The molecule has 5 unspecified atom stereocenters. The van der Waals surface area contributed by atoms with Gasteiger partial charge in [0.15, 0.2) is 0 Å². The molecule has 168 valence electrons. The topological polar surface area (TPSA) is 105 Å². The van der Waals surface area contributed by atoms with Crippen molar-refractivity contribution in [3.8, 4) is 11.3 Å². The number of halogens is 1. The molecule has 0 saturated heterocycles. The summed E-state index contributed by atoms with van der Waals surface area (Å²) >= 11 is 0. The quantitative estimate of drug-likeness (QED) is 0.591. The number of imidazole rings is 1. The highest BCUT2D eigenvalue weighted by atomic mass is 31.2. The predicted octanol–water partition coefficient (Wildman–Crippen LogP) is 4.18. The van der Waals surface area contributed by atoms with Gasteiger partial charge in [-0.2, -0.15) is 0 Å². The lowest BCUT2D eigenvalue weighted by molar-refractivity contribution is -0.00981. The molecule has 2 bridgehead atoms. The molecule has 0 radical (unpaired) electrons. The van der Waals surface area contributed by atoms with E-state index in [-0.39, 0.29) is 17.3 Å². The summed E-state index contributed by atoms with van der Waals surface area (Å²) in [6, 6.07) is 4.73. The summed E-state index contributed by atoms with van der Waals surface area (Å²) in [6.45, 7) is 0. The smallest absolute Gasteiger partial charge is 0.392 e. The van der Waals surface area contributed by atoms with Crippen molar-refractivity contribution < 1.29 is 28.4 Å². The Bertz CT molecular complexity index is 1020. The maximum atomic E-state index is 14.8. The zero-order valence-electron chi connectivity index (χ0n) is 17.2. The van der Waals surface area contributed by atoms with E-state index in [1.54, 1.807) is 18.6 Å². The van der Waals surface area contributed by atoms with Crippen molar-refractivity contribution in [2.45, 2.75) is 69.6 Å². The van der Waals surface area contributed by atoms with Gasteiger partial charge in [0.05, 0.1) is 36.5 Å². The van der Waals surface area contributed by atoms with Crippen LogP contribution in [0.1, 0.15) is 63.0 Å². The minimum atomic E-state index is -4.54. The van der Waals surface area contributed by atoms with Crippen molar-refractivity contribution >= 4 is 7.82 Å². The Hall–Kier alpha value is -1.57. The van der Waals surface area contributed by atoms with E-state index >= 15 is 0 Å². The molecule has 5 rings (SSSR count). The SMILES string of the molecule is O=P(O)(O)OC1CCC2CCC(C(O)CC3c4c(F)cccc4-c4cncn43)(CC1)C2. The number of benzene rings is 1. The summed E-state index contributed by atoms with van der Waals surface area (Å²) in [5.74, 6) is 0.141. The third kappa shape index (κ3) is 3.89. The van der Waals surface area contributed by atoms with Gasteiger partial charge in [-0.25, -0.2) is 13.9 Å². The molecule has 7 nitrogen and oxygen atoms in total. The van der Waals surface area contributed by atoms with Crippen LogP contribution < -0.4 is 0 Å². The number of rotatable bonds is 5. The lowest BCUT2D eigenvalue weighted by Gasteiger charge is -2.38. The number of aromatic nitrogens is 2. The molecule has 2 aromatic rings. The monoisotopic (exact) mass is 450 g/mol. The molecule has 0 amide bonds. The van der Waals surface area contributed by atoms with Gasteiger partial charge in [-0.15, -0.1) is 0 Å². The Morgan fingerprint density at radius 1 is 1.26 bits per heavy atom. The lowest BCUT2D eigenvalue weighted by Crippen LogP contribution is -2.37. The van der Waals surface area contributed by atoms with Crippen LogP contribution in [0.25, 0.3) is 11.3 Å². The van der Waals surface area contributed by atoms with Gasteiger partial charge in [0.2, 0.25) is 0 Å². The summed E-state index contributed by atoms with van der Waals surface area (Å²) in [6.07, 6.45) is 8.02. The molecule has 2 saturated carbocycles. The van der Waals surface area contributed by atoms with E-state index in [0.717, 1.165) is 36.9 Å². The van der Waals surface area contributed by atoms with Gasteiger partial charge < -0.3 is 19.5 Å². The normalized spacial score (nSPS) is 31.0. The molecule has 9 heteroatoms. The Labute approximate surface area is 180 Å². The van der Waals surface area contributed by atoms with Crippen LogP contribution in [0, 0.1) is 17.2 Å². The Morgan fingerprint density at radius 2 is 2.06 bits per heavy atom. The van der Waals surface area contributed by atoms with Crippen LogP contribution in [0.4, 0.5) is 4.39 Å². The van der Waals surface area contributed by atoms with E-state index in [9.17, 15) is 23.8 Å². The van der Waals surface area contributed by atoms with Crippen LogP contribution in [0.3, 0.4) is 0 Å². The summed E-state index contributed by atoms with van der Waals surface area (Å²) in [4.78, 5) is 22.7. The molecular formula is C22H28FN2O5P. The fourth-order valence-corrected chi connectivity index (χ4v) is 6.82. The highest BCUT2D eigenvalue weighted by Gasteiger charge is 2.47. The third-order valence-corrected chi connectivity index (χ3v) is 8.28. The number of fused-ring (bicyclic) bond motifs is 5. The molecule has 5 atom stereocenters. The molecule has 2 heterocycles. The first-order valence-electron chi connectivity index (χ1n) is 11.0. The van der Waals surface area contributed by atoms with Gasteiger partial charge in [-0.1, -0.05) is 12.1 Å². The van der Waals surface area contributed by atoms with Crippen LogP contribution in [0.5, 0.6) is 0 Å². The lowest BCUT2D eigenvalue weighted by atomic mass is 9.71. The van der Waals surface area contributed by atoms with Crippen molar-refractivity contribution in [3.05, 3.63) is 42.1 Å². The second-order valence-corrected chi connectivity index (χ2v) is 10.7. The number of hydrogen-bond acceptors (Lipinski definition) is 4. The van der Waals surface area contributed by atoms with Crippen molar-refractivity contribution in [2.75, 3.05) is 0 Å². The van der Waals surface area contributed by atoms with Gasteiger partial charge in [-0.05, 0) is 68.8 Å². The molecular weight excluding hydrogens is 422 g/mol. The van der Waals surface area contributed by atoms with Gasteiger partial charge in [0.25, 0.3) is 0 Å². The van der Waals surface area contributed by atoms with Crippen LogP contribution in [-0.2, 0) is 9.09 Å². The molecule has 31 heavy (non-hydrogen) atoms. The van der Waals surface area contributed by atoms with Crippen LogP contribution in [0.15, 0.2) is 30.7 Å². The first kappa shape index (κ1) is 21.3. The minimum absolute atomic E-state index is 0.270. The number of nitrogens with zero attached hydrogens (tertiary/aromatic N) is 2. The van der Waals surface area contributed by atoms with Gasteiger partial charge >= 0.3 is 7.82 Å². The molecule has 2 fully saturated rings. The molecule has 1 aromatic carbocycles. The predicted molar refractivity (Wildman–Crippen MR) is 112 cm³/mol. The van der Waals surface area contributed by atoms with Gasteiger partial charge in [0, 0.05) is 11.1 Å². The number of hydrogen-bond donors (Lipinski definition) is 3. The Kier molecular flexibility index (Phi) is 5.34. The highest BCUT2D eigenvalue weighted by Crippen LogP contribution is 2.55. The largest absolute Gasteiger partial charge is 0.469 e. The maximum absolute atomic E-state index is 14.8. The van der Waals surface area contributed by atoms with E-state index in [1.165, 1.54) is 6.07 Å². The molecule has 1 aliphatic heterocycles. The standard InChI is InChI=1S/C22H28FN2O5P/c23-17-3-1-2-16-19-12-24-13-25(19)18(21(16)17)10-20(26)22-8-6-14(11-22)4-5-15(7-9-22)30-31(27,28)29/h1-3,12-15,18,20,26H,4-11H2,(H2,27,28,29). The number of phosphoric ester groups is 1. The summed E-state index contributed by atoms with van der Waals surface area (Å²) in [5.41, 5.74) is 1.96. The molecule has 2 aliphatic carbocycles. The second-order valence-electron chi connectivity index (χ2n) is 9.46. The Morgan fingerprint density at radius 3 is 2.87 bits per heavy atom. The van der Waals surface area contributed by atoms with E-state index in [0.29, 0.717) is 37.2 Å². The second kappa shape index (κ2) is 7.78. The van der Waals surface area contributed by atoms with E-state index in [4.69, 9.17) is 4.52 Å². The fourth-order valence-electron chi connectivity index (χ4n) is 6.22. The molecule has 0 spiro atoms. The van der Waals surface area contributed by atoms with Crippen molar-refractivity contribution in [1.82, 2.24) is 9.55 Å². The first-order valence-corrected chi connectivity index (χ1v) is 12.5. The van der Waals surface area contributed by atoms with Crippen molar-refractivity contribution in [2.24, 2.45) is 11.3 Å². The van der Waals surface area contributed by atoms with Crippen LogP contribution in [-0.4, -0.2) is 36.7 Å². The molecule has 3 aliphatic rings. The third-order valence-electron chi connectivity index (χ3n) is 7.71. The average Bonchev–Trinajstić information content (AvgIpc) is 3.39. The maximum Gasteiger partial charge on any atom is 0.469 e. The minimum Gasteiger partial charge on any atom is -0.392 e. The van der Waals surface area contributed by atoms with Crippen molar-refractivity contribution in [3.63, 3.8) is 0 Å². The van der Waals surface area contributed by atoms with Gasteiger partial charge in [0.1, 0.15) is 5.82 Å². The van der Waals surface area contributed by atoms with E-state index in [1.807, 2.05) is 10.6 Å². The molecule has 3 N–H and O–H groups in total. The average molecular weight is 450 g/mol.